The standard InChI is InChI=1S/C20H18BrN3O2S/c1-13-17(11-18(25)23-16-9-5-8-15(21)10-16)19(26)24-20(22-13)27-12-14-6-3-2-4-7-14/h2-10H,11-12H2,1H3,(H,23,25)(H,22,24,26). The van der Waals surface area contributed by atoms with Gasteiger partial charge in [0.1, 0.15) is 0 Å². The maximum atomic E-state index is 12.4. The molecule has 1 aromatic heterocycles. The SMILES string of the molecule is Cc1nc(SCc2ccccc2)[nH]c(=O)c1CC(=O)Nc1cccc(Br)c1. The van der Waals surface area contributed by atoms with Crippen LogP contribution in [0.1, 0.15) is 16.8 Å². The van der Waals surface area contributed by atoms with E-state index < -0.39 is 0 Å². The lowest BCUT2D eigenvalue weighted by Gasteiger charge is -2.08. The van der Waals surface area contributed by atoms with Crippen molar-refractivity contribution in [3.05, 3.63) is 86.2 Å². The van der Waals surface area contributed by atoms with E-state index >= 15 is 0 Å². The molecule has 0 bridgehead atoms. The molecule has 0 unspecified atom stereocenters. The molecule has 2 N–H and O–H groups in total. The molecule has 1 amide bonds. The van der Waals surface area contributed by atoms with Crippen molar-refractivity contribution >= 4 is 39.3 Å². The Morgan fingerprint density at radius 3 is 2.67 bits per heavy atom. The second-order valence-corrected chi connectivity index (χ2v) is 7.82. The fourth-order valence-electron chi connectivity index (χ4n) is 2.52. The highest BCUT2D eigenvalue weighted by atomic mass is 79.9. The average molecular weight is 444 g/mol. The normalized spacial score (nSPS) is 10.6. The van der Waals surface area contributed by atoms with E-state index in [9.17, 15) is 9.59 Å². The molecule has 5 nitrogen and oxygen atoms in total. The molecular formula is C20H18BrN3O2S. The highest BCUT2D eigenvalue weighted by Gasteiger charge is 2.13. The minimum atomic E-state index is -0.276. The van der Waals surface area contributed by atoms with E-state index in [0.717, 1.165) is 10.0 Å². The Morgan fingerprint density at radius 1 is 1.19 bits per heavy atom. The van der Waals surface area contributed by atoms with Gasteiger partial charge in [-0.15, -0.1) is 0 Å². The molecule has 0 fully saturated rings. The van der Waals surface area contributed by atoms with Crippen LogP contribution in [0.25, 0.3) is 0 Å². The van der Waals surface area contributed by atoms with Crippen LogP contribution in [0.3, 0.4) is 0 Å². The van der Waals surface area contributed by atoms with Gasteiger partial charge in [0.2, 0.25) is 5.91 Å². The molecule has 138 valence electrons. The van der Waals surface area contributed by atoms with Gasteiger partial charge in [0.05, 0.1) is 6.42 Å². The summed E-state index contributed by atoms with van der Waals surface area (Å²) < 4.78 is 0.871. The number of nitrogens with zero attached hydrogens (tertiary/aromatic N) is 1. The maximum absolute atomic E-state index is 12.4. The van der Waals surface area contributed by atoms with Crippen LogP contribution in [-0.4, -0.2) is 15.9 Å². The molecule has 0 radical (unpaired) electrons. The smallest absolute Gasteiger partial charge is 0.255 e. The van der Waals surface area contributed by atoms with Gasteiger partial charge in [0.25, 0.3) is 5.56 Å². The number of aromatic nitrogens is 2. The van der Waals surface area contributed by atoms with Crippen molar-refractivity contribution in [3.8, 4) is 0 Å². The number of anilines is 1. The largest absolute Gasteiger partial charge is 0.326 e. The van der Waals surface area contributed by atoms with Gasteiger partial charge in [0, 0.05) is 27.2 Å². The molecule has 3 rings (SSSR count). The van der Waals surface area contributed by atoms with Gasteiger partial charge in [-0.1, -0.05) is 64.1 Å². The topological polar surface area (TPSA) is 74.8 Å². The number of thioether (sulfide) groups is 1. The molecule has 7 heteroatoms. The van der Waals surface area contributed by atoms with Crippen LogP contribution in [0.4, 0.5) is 5.69 Å². The molecule has 0 atom stereocenters. The number of nitrogens with one attached hydrogen (secondary N) is 2. The van der Waals surface area contributed by atoms with Crippen LogP contribution in [0.2, 0.25) is 0 Å². The van der Waals surface area contributed by atoms with Crippen LogP contribution in [0, 0.1) is 6.92 Å². The van der Waals surface area contributed by atoms with Crippen molar-refractivity contribution < 1.29 is 4.79 Å². The summed E-state index contributed by atoms with van der Waals surface area (Å²) in [6.45, 7) is 1.75. The maximum Gasteiger partial charge on any atom is 0.255 e. The summed E-state index contributed by atoms with van der Waals surface area (Å²) in [6, 6.07) is 17.3. The van der Waals surface area contributed by atoms with Crippen molar-refractivity contribution in [3.63, 3.8) is 0 Å². The van der Waals surface area contributed by atoms with Crippen LogP contribution >= 0.6 is 27.7 Å². The highest BCUT2D eigenvalue weighted by molar-refractivity contribution is 9.10. The number of carbonyl (C=O) groups is 1. The zero-order valence-electron chi connectivity index (χ0n) is 14.7. The van der Waals surface area contributed by atoms with Crippen molar-refractivity contribution in [2.45, 2.75) is 24.3 Å². The van der Waals surface area contributed by atoms with Crippen LogP contribution in [0.5, 0.6) is 0 Å². The Balaban J connectivity index is 1.67. The van der Waals surface area contributed by atoms with Gasteiger partial charge >= 0.3 is 0 Å². The Bertz CT molecular complexity index is 1010. The van der Waals surface area contributed by atoms with Gasteiger partial charge in [-0.05, 0) is 30.7 Å². The van der Waals surface area contributed by atoms with Gasteiger partial charge in [0.15, 0.2) is 5.16 Å². The summed E-state index contributed by atoms with van der Waals surface area (Å²) in [5.74, 6) is 0.458. The van der Waals surface area contributed by atoms with E-state index in [-0.39, 0.29) is 17.9 Å². The molecule has 0 aliphatic heterocycles. The van der Waals surface area contributed by atoms with E-state index in [1.807, 2.05) is 42.5 Å². The summed E-state index contributed by atoms with van der Waals surface area (Å²) in [7, 11) is 0. The lowest BCUT2D eigenvalue weighted by molar-refractivity contribution is -0.115. The Morgan fingerprint density at radius 2 is 1.96 bits per heavy atom. The number of aryl methyl sites for hydroxylation is 1. The summed E-state index contributed by atoms with van der Waals surface area (Å²) in [4.78, 5) is 31.9. The molecule has 0 aliphatic carbocycles. The highest BCUT2D eigenvalue weighted by Crippen LogP contribution is 2.19. The Kier molecular flexibility index (Phi) is 6.47. The third-order valence-electron chi connectivity index (χ3n) is 3.86. The first-order valence-corrected chi connectivity index (χ1v) is 10.1. The number of H-pyrrole nitrogens is 1. The van der Waals surface area contributed by atoms with Crippen LogP contribution in [0.15, 0.2) is 69.0 Å². The van der Waals surface area contributed by atoms with E-state index in [4.69, 9.17) is 0 Å². The first-order valence-electron chi connectivity index (χ1n) is 8.33. The minimum Gasteiger partial charge on any atom is -0.326 e. The van der Waals surface area contributed by atoms with Gasteiger partial charge in [-0.25, -0.2) is 4.98 Å². The predicted molar refractivity (Wildman–Crippen MR) is 112 cm³/mol. The predicted octanol–water partition coefficient (Wildman–Crippen LogP) is 4.31. The van der Waals surface area contributed by atoms with Crippen LogP contribution in [-0.2, 0) is 17.0 Å². The lowest BCUT2D eigenvalue weighted by Crippen LogP contribution is -2.23. The number of halogens is 1. The fourth-order valence-corrected chi connectivity index (χ4v) is 3.78. The first kappa shape index (κ1) is 19.4. The van der Waals surface area contributed by atoms with Crippen molar-refractivity contribution in [1.29, 1.82) is 0 Å². The van der Waals surface area contributed by atoms with Crippen molar-refractivity contribution in [1.82, 2.24) is 9.97 Å². The number of carbonyl (C=O) groups excluding carboxylic acids is 1. The molecule has 0 spiro atoms. The molecule has 2 aromatic carbocycles. The van der Waals surface area contributed by atoms with Gasteiger partial charge in [-0.3, -0.25) is 9.59 Å². The first-order chi connectivity index (χ1) is 13.0. The third-order valence-corrected chi connectivity index (χ3v) is 5.30. The molecule has 1 heterocycles. The zero-order chi connectivity index (χ0) is 19.2. The van der Waals surface area contributed by atoms with Crippen molar-refractivity contribution in [2.75, 3.05) is 5.32 Å². The van der Waals surface area contributed by atoms with E-state index in [1.54, 1.807) is 19.1 Å². The second kappa shape index (κ2) is 9.01. The van der Waals surface area contributed by atoms with Crippen LogP contribution < -0.4 is 10.9 Å². The van der Waals surface area contributed by atoms with E-state index in [0.29, 0.717) is 27.9 Å². The van der Waals surface area contributed by atoms with Gasteiger partial charge in [-0.2, -0.15) is 0 Å². The van der Waals surface area contributed by atoms with E-state index in [1.165, 1.54) is 11.8 Å². The number of hydrogen-bond acceptors (Lipinski definition) is 4. The molecular weight excluding hydrogens is 426 g/mol. The number of rotatable bonds is 6. The molecule has 0 saturated heterocycles. The molecule has 3 aromatic rings. The molecule has 0 aliphatic rings. The van der Waals surface area contributed by atoms with Gasteiger partial charge < -0.3 is 10.3 Å². The number of hydrogen-bond donors (Lipinski definition) is 2. The summed E-state index contributed by atoms with van der Waals surface area (Å²) >= 11 is 4.82. The number of aromatic amines is 1. The number of benzene rings is 2. The summed E-state index contributed by atoms with van der Waals surface area (Å²) in [5.41, 5.74) is 2.50. The third kappa shape index (κ3) is 5.55. The Hall–Kier alpha value is -2.38. The molecule has 27 heavy (non-hydrogen) atoms. The quantitative estimate of drug-likeness (QED) is 0.439. The fraction of sp³-hybridized carbons (Fsp3) is 0.150. The lowest BCUT2D eigenvalue weighted by atomic mass is 10.1. The second-order valence-electron chi connectivity index (χ2n) is 5.94. The minimum absolute atomic E-state index is 0.0235. The van der Waals surface area contributed by atoms with E-state index in [2.05, 4.69) is 31.2 Å². The number of amides is 1. The average Bonchev–Trinajstić information content (AvgIpc) is 2.64. The zero-order valence-corrected chi connectivity index (χ0v) is 17.1. The molecule has 0 saturated carbocycles. The van der Waals surface area contributed by atoms with Crippen molar-refractivity contribution in [2.24, 2.45) is 0 Å². The summed E-state index contributed by atoms with van der Waals surface area (Å²) in [5, 5.41) is 3.35. The summed E-state index contributed by atoms with van der Waals surface area (Å²) in [6.07, 6.45) is -0.0235. The monoisotopic (exact) mass is 443 g/mol. The Labute approximate surface area is 169 Å².